The average molecular weight is 590 g/mol. The van der Waals surface area contributed by atoms with Crippen LogP contribution in [0.2, 0.25) is 4.37 Å². The molecule has 1 radical (unpaired) electrons. The maximum absolute atomic E-state index is 11.8. The van der Waals surface area contributed by atoms with Crippen LogP contribution in [0.25, 0.3) is 11.1 Å². The fraction of sp³-hybridized carbons (Fsp3) is 0.278. The minimum atomic E-state index is -0.813. The van der Waals surface area contributed by atoms with Crippen molar-refractivity contribution >= 4 is 25.5 Å². The van der Waals surface area contributed by atoms with Gasteiger partial charge in [0.25, 0.3) is 0 Å². The molecule has 3 rings (SSSR count). The van der Waals surface area contributed by atoms with E-state index in [-0.39, 0.29) is 36.4 Å². The molecule has 0 fully saturated rings. The molecule has 1 aliphatic rings. The number of carbonyl (C=O) groups is 1. The third-order valence-corrected chi connectivity index (χ3v) is 6.82. The first kappa shape index (κ1) is 20.4. The van der Waals surface area contributed by atoms with E-state index in [0.29, 0.717) is 6.61 Å². The molecule has 0 aliphatic heterocycles. The van der Waals surface area contributed by atoms with E-state index in [1.165, 1.54) is 22.3 Å². The molecular weight excluding hydrogens is 570 g/mol. The van der Waals surface area contributed by atoms with E-state index in [1.807, 2.05) is 0 Å². The van der Waals surface area contributed by atoms with E-state index in [2.05, 4.69) is 55.5 Å². The van der Waals surface area contributed by atoms with E-state index in [9.17, 15) is 4.79 Å². The number of rotatable bonds is 5. The molecule has 0 spiro atoms. The molecule has 0 aromatic heterocycles. The molecule has 2 N–H and O–H groups in total. The summed E-state index contributed by atoms with van der Waals surface area (Å²) >= 11 is -0.813. The molecule has 0 saturated carbocycles. The predicted molar refractivity (Wildman–Crippen MR) is 89.5 cm³/mol. The number of hydrogen-bond acceptors (Lipinski definition) is 2. The SMILES string of the molecule is CC[CH2][Sb][C](=O)OCC1c2ccccc2-c2ccccc21.O.[W]. The zero-order chi connectivity index (χ0) is 14.7. The van der Waals surface area contributed by atoms with Crippen molar-refractivity contribution in [2.45, 2.75) is 23.6 Å². The number of ether oxygens (including phenoxy) is 1. The molecule has 121 valence electrons. The monoisotopic (exact) mass is 589 g/mol. The van der Waals surface area contributed by atoms with Gasteiger partial charge < -0.3 is 5.48 Å². The van der Waals surface area contributed by atoms with E-state index in [1.54, 1.807) is 0 Å². The molecule has 0 unspecified atom stereocenters. The standard InChI is InChI=1S/C15H11O2.C3H7.H2O.Sb.W/c16-10-17-9-15-13-7-3-1-5-11(13)12-6-2-4-8-14(12)15;1-3-2;;;/h1-8,15H,9H2;1,3H2,2H3;1H2;;. The van der Waals surface area contributed by atoms with Crippen LogP contribution in [0.3, 0.4) is 0 Å². The Labute approximate surface area is 161 Å². The van der Waals surface area contributed by atoms with Crippen molar-refractivity contribution in [3.05, 3.63) is 59.7 Å². The zero-order valence-corrected chi connectivity index (χ0v) is 18.5. The average Bonchev–Trinajstić information content (AvgIpc) is 2.85. The Morgan fingerprint density at radius 1 is 1.04 bits per heavy atom. The summed E-state index contributed by atoms with van der Waals surface area (Å²) in [5.41, 5.74) is 5.12. The first-order valence-corrected chi connectivity index (χ1v) is 10.4. The largest absolute Gasteiger partial charge is 0.412 e. The summed E-state index contributed by atoms with van der Waals surface area (Å²) in [6, 6.07) is 16.9. The minimum absolute atomic E-state index is 0. The molecule has 5 heteroatoms. The Balaban J connectivity index is 0.00000132. The van der Waals surface area contributed by atoms with Gasteiger partial charge in [-0.3, -0.25) is 0 Å². The van der Waals surface area contributed by atoms with Crippen LogP contribution in [-0.2, 0) is 25.8 Å². The van der Waals surface area contributed by atoms with Crippen molar-refractivity contribution in [3.8, 4) is 11.1 Å². The molecule has 1 aliphatic carbocycles. The molecule has 0 atom stereocenters. The van der Waals surface area contributed by atoms with Crippen LogP contribution in [0.5, 0.6) is 0 Å². The molecule has 0 saturated heterocycles. The van der Waals surface area contributed by atoms with Crippen LogP contribution < -0.4 is 0 Å². The van der Waals surface area contributed by atoms with Crippen molar-refractivity contribution in [3.63, 3.8) is 0 Å². The Kier molecular flexibility index (Phi) is 8.54. The third kappa shape index (κ3) is 4.47. The molecule has 3 nitrogen and oxygen atoms in total. The second-order valence-electron chi connectivity index (χ2n) is 5.19. The summed E-state index contributed by atoms with van der Waals surface area (Å²) in [7, 11) is 0. The van der Waals surface area contributed by atoms with Crippen LogP contribution in [0.1, 0.15) is 30.4 Å². The molecule has 2 aromatic rings. The van der Waals surface area contributed by atoms with Gasteiger partial charge in [0.15, 0.2) is 0 Å². The first-order chi connectivity index (χ1) is 10.3. The summed E-state index contributed by atoms with van der Waals surface area (Å²) < 4.78 is 6.68. The zero-order valence-electron chi connectivity index (χ0n) is 13.0. The number of hydrogen-bond donors (Lipinski definition) is 0. The first-order valence-electron chi connectivity index (χ1n) is 7.33. The number of fused-ring (bicyclic) bond motifs is 3. The Morgan fingerprint density at radius 3 is 2.09 bits per heavy atom. The molecular formula is C18H20O3SbW. The maximum Gasteiger partial charge on any atom is 0 e. The third-order valence-electron chi connectivity index (χ3n) is 3.80. The van der Waals surface area contributed by atoms with Crippen molar-refractivity contribution < 1.29 is 36.1 Å². The number of benzene rings is 2. The summed E-state index contributed by atoms with van der Waals surface area (Å²) in [5.74, 6) is 0.193. The summed E-state index contributed by atoms with van der Waals surface area (Å²) in [5, 5.41) is 0. The summed E-state index contributed by atoms with van der Waals surface area (Å²) in [4.78, 5) is 11.8. The Bertz CT molecular complexity index is 615. The Morgan fingerprint density at radius 2 is 1.57 bits per heavy atom. The van der Waals surface area contributed by atoms with Gasteiger partial charge in [-0.15, -0.1) is 0 Å². The molecule has 23 heavy (non-hydrogen) atoms. The summed E-state index contributed by atoms with van der Waals surface area (Å²) in [6.07, 6.45) is 1.08. The van der Waals surface area contributed by atoms with Crippen molar-refractivity contribution in [1.29, 1.82) is 0 Å². The fourth-order valence-corrected chi connectivity index (χ4v) is 4.48. The van der Waals surface area contributed by atoms with Gasteiger partial charge in [0.1, 0.15) is 0 Å². The van der Waals surface area contributed by atoms with Gasteiger partial charge in [-0.1, -0.05) is 0 Å². The van der Waals surface area contributed by atoms with Gasteiger partial charge in [0.05, 0.1) is 0 Å². The van der Waals surface area contributed by atoms with Crippen LogP contribution in [0.15, 0.2) is 48.5 Å². The predicted octanol–water partition coefficient (Wildman–Crippen LogP) is 3.64. The van der Waals surface area contributed by atoms with Crippen LogP contribution in [-0.4, -0.2) is 37.6 Å². The van der Waals surface area contributed by atoms with E-state index in [0.717, 1.165) is 10.8 Å². The Hall–Kier alpha value is -0.624. The molecule has 0 heterocycles. The molecule has 2 aromatic carbocycles. The maximum atomic E-state index is 11.8. The van der Waals surface area contributed by atoms with Crippen molar-refractivity contribution in [2.75, 3.05) is 6.61 Å². The fourth-order valence-electron chi connectivity index (χ4n) is 2.84. The van der Waals surface area contributed by atoms with Gasteiger partial charge in [0, 0.05) is 21.1 Å². The smallest absolute Gasteiger partial charge is 0 e. The van der Waals surface area contributed by atoms with Crippen molar-refractivity contribution in [2.24, 2.45) is 0 Å². The minimum Gasteiger partial charge on any atom is -0.412 e. The second-order valence-corrected chi connectivity index (χ2v) is 8.41. The summed E-state index contributed by atoms with van der Waals surface area (Å²) in [6.45, 7) is 2.60. The topological polar surface area (TPSA) is 57.8 Å². The van der Waals surface area contributed by atoms with Gasteiger partial charge in [-0.05, 0) is 0 Å². The van der Waals surface area contributed by atoms with E-state index < -0.39 is 21.6 Å². The van der Waals surface area contributed by atoms with Gasteiger partial charge in [0.2, 0.25) is 0 Å². The van der Waals surface area contributed by atoms with Crippen molar-refractivity contribution in [1.82, 2.24) is 0 Å². The van der Waals surface area contributed by atoms with E-state index in [4.69, 9.17) is 4.74 Å². The molecule has 0 amide bonds. The quantitative estimate of drug-likeness (QED) is 0.500. The van der Waals surface area contributed by atoms with Crippen LogP contribution in [0.4, 0.5) is 4.79 Å². The van der Waals surface area contributed by atoms with Gasteiger partial charge in [-0.25, -0.2) is 0 Å². The van der Waals surface area contributed by atoms with Gasteiger partial charge >= 0.3 is 136 Å². The van der Waals surface area contributed by atoms with Crippen LogP contribution in [0, 0.1) is 0 Å². The molecule has 0 bridgehead atoms. The van der Waals surface area contributed by atoms with Crippen LogP contribution >= 0.6 is 0 Å². The second kappa shape index (κ2) is 9.62. The van der Waals surface area contributed by atoms with E-state index >= 15 is 0 Å². The van der Waals surface area contributed by atoms with Gasteiger partial charge in [-0.2, -0.15) is 0 Å². The number of carbonyl (C=O) groups excluding carboxylic acids is 1. The normalized spacial score (nSPS) is 11.7.